The van der Waals surface area contributed by atoms with Crippen LogP contribution in [-0.2, 0) is 14.8 Å². The van der Waals surface area contributed by atoms with Crippen LogP contribution < -0.4 is 14.8 Å². The van der Waals surface area contributed by atoms with Gasteiger partial charge in [-0.25, -0.2) is 8.42 Å². The topological polar surface area (TPSA) is 84.5 Å². The fourth-order valence-electron chi connectivity index (χ4n) is 1.94. The highest BCUT2D eigenvalue weighted by molar-refractivity contribution is 7.92. The van der Waals surface area contributed by atoms with E-state index in [1.54, 1.807) is 13.0 Å². The summed E-state index contributed by atoms with van der Waals surface area (Å²) < 4.78 is 32.7. The molecule has 0 aliphatic heterocycles. The highest BCUT2D eigenvalue weighted by atomic mass is 35.5. The van der Waals surface area contributed by atoms with Gasteiger partial charge in [-0.15, -0.1) is 0 Å². The molecule has 0 spiro atoms. The Kier molecular flexibility index (Phi) is 6.16. The quantitative estimate of drug-likeness (QED) is 0.775. The minimum Gasteiger partial charge on any atom is -0.481 e. The van der Waals surface area contributed by atoms with E-state index in [1.807, 2.05) is 0 Å². The van der Waals surface area contributed by atoms with Crippen LogP contribution in [0.3, 0.4) is 0 Å². The molecule has 0 aromatic heterocycles. The number of hydrogen-bond acceptors (Lipinski definition) is 4. The number of halogens is 2. The Morgan fingerprint density at radius 3 is 2.36 bits per heavy atom. The molecule has 0 unspecified atom stereocenters. The van der Waals surface area contributed by atoms with Gasteiger partial charge in [-0.2, -0.15) is 0 Å². The second-order valence-corrected chi connectivity index (χ2v) is 7.60. The predicted octanol–water partition coefficient (Wildman–Crippen LogP) is 3.31. The zero-order chi connectivity index (χ0) is 18.6. The van der Waals surface area contributed by atoms with Crippen LogP contribution in [0.4, 0.5) is 5.69 Å². The number of benzene rings is 2. The Bertz CT molecular complexity index is 870. The molecule has 0 heterocycles. The lowest BCUT2D eigenvalue weighted by atomic mass is 10.3. The van der Waals surface area contributed by atoms with Gasteiger partial charge in [0, 0.05) is 12.1 Å². The molecule has 9 heteroatoms. The van der Waals surface area contributed by atoms with Crippen LogP contribution in [-0.4, -0.2) is 27.5 Å². The molecule has 134 valence electrons. The summed E-state index contributed by atoms with van der Waals surface area (Å²) >= 11 is 11.8. The Labute approximate surface area is 156 Å². The van der Waals surface area contributed by atoms with Crippen molar-refractivity contribution in [2.24, 2.45) is 0 Å². The molecule has 6 nitrogen and oxygen atoms in total. The minimum absolute atomic E-state index is 0.0171. The molecule has 0 radical (unpaired) electrons. The number of sulfonamides is 1. The van der Waals surface area contributed by atoms with Crippen molar-refractivity contribution in [3.8, 4) is 5.75 Å². The Morgan fingerprint density at radius 1 is 1.12 bits per heavy atom. The number of carbonyl (C=O) groups excluding carboxylic acids is 1. The summed E-state index contributed by atoms with van der Waals surface area (Å²) in [5.41, 5.74) is 0.183. The highest BCUT2D eigenvalue weighted by Crippen LogP contribution is 2.28. The number of hydrogen-bond donors (Lipinski definition) is 2. The van der Waals surface area contributed by atoms with Crippen LogP contribution in [0.25, 0.3) is 0 Å². The van der Waals surface area contributed by atoms with Gasteiger partial charge in [-0.3, -0.25) is 9.52 Å². The number of carbonyl (C=O) groups is 1. The van der Waals surface area contributed by atoms with Gasteiger partial charge in [-0.05, 0) is 49.4 Å². The van der Waals surface area contributed by atoms with E-state index in [-0.39, 0.29) is 21.5 Å². The lowest BCUT2D eigenvalue weighted by molar-refractivity contribution is -0.126. The lowest BCUT2D eigenvalue weighted by Crippen LogP contribution is -2.33. The fourth-order valence-corrected chi connectivity index (χ4v) is 3.40. The van der Waals surface area contributed by atoms with Gasteiger partial charge in [0.1, 0.15) is 5.75 Å². The zero-order valence-electron chi connectivity index (χ0n) is 13.4. The Hall–Kier alpha value is -1.96. The maximum absolute atomic E-state index is 12.4. The van der Waals surface area contributed by atoms with E-state index < -0.39 is 16.1 Å². The standard InChI is InChI=1S/C16H16Cl2N2O4S/c1-10(16(21)19-2)24-12-4-6-13(7-5-12)25(22,23)20-15-9-11(17)3-8-14(15)18/h3-10,20H,1-2H3,(H,19,21)/t10-/m1/s1. The first kappa shape index (κ1) is 19.4. The van der Waals surface area contributed by atoms with Crippen molar-refractivity contribution >= 4 is 44.8 Å². The number of anilines is 1. The zero-order valence-corrected chi connectivity index (χ0v) is 15.7. The van der Waals surface area contributed by atoms with E-state index in [0.717, 1.165) is 0 Å². The lowest BCUT2D eigenvalue weighted by Gasteiger charge is -2.14. The first-order valence-corrected chi connectivity index (χ1v) is 9.43. The number of likely N-dealkylation sites (N-methyl/N-ethyl adjacent to an activating group) is 1. The van der Waals surface area contributed by atoms with Crippen LogP contribution in [0.1, 0.15) is 6.92 Å². The fraction of sp³-hybridized carbons (Fsp3) is 0.188. The van der Waals surface area contributed by atoms with Gasteiger partial charge < -0.3 is 10.1 Å². The maximum Gasteiger partial charge on any atom is 0.261 e. The van der Waals surface area contributed by atoms with Crippen molar-refractivity contribution in [1.82, 2.24) is 5.32 Å². The van der Waals surface area contributed by atoms with E-state index in [4.69, 9.17) is 27.9 Å². The third kappa shape index (κ3) is 5.01. The van der Waals surface area contributed by atoms with Gasteiger partial charge in [0.15, 0.2) is 6.10 Å². The predicted molar refractivity (Wildman–Crippen MR) is 97.9 cm³/mol. The molecule has 0 saturated carbocycles. The first-order chi connectivity index (χ1) is 11.7. The normalized spacial score (nSPS) is 12.3. The van der Waals surface area contributed by atoms with E-state index in [2.05, 4.69) is 10.0 Å². The summed E-state index contributed by atoms with van der Waals surface area (Å²) in [6.45, 7) is 1.59. The maximum atomic E-state index is 12.4. The highest BCUT2D eigenvalue weighted by Gasteiger charge is 2.17. The monoisotopic (exact) mass is 402 g/mol. The first-order valence-electron chi connectivity index (χ1n) is 7.19. The van der Waals surface area contributed by atoms with Crippen LogP contribution >= 0.6 is 23.2 Å². The van der Waals surface area contributed by atoms with Crippen LogP contribution in [0, 0.1) is 0 Å². The van der Waals surface area contributed by atoms with Crippen molar-refractivity contribution in [3.05, 3.63) is 52.5 Å². The Balaban J connectivity index is 2.17. The number of amides is 1. The Morgan fingerprint density at radius 2 is 1.76 bits per heavy atom. The molecule has 1 amide bonds. The number of nitrogens with one attached hydrogen (secondary N) is 2. The third-order valence-electron chi connectivity index (χ3n) is 3.24. The number of rotatable bonds is 6. The molecule has 0 aliphatic rings. The molecule has 0 saturated heterocycles. The van der Waals surface area contributed by atoms with Crippen molar-refractivity contribution in [1.29, 1.82) is 0 Å². The van der Waals surface area contributed by atoms with E-state index in [9.17, 15) is 13.2 Å². The van der Waals surface area contributed by atoms with Crippen LogP contribution in [0.5, 0.6) is 5.75 Å². The summed E-state index contributed by atoms with van der Waals surface area (Å²) in [5.74, 6) is 0.0878. The largest absolute Gasteiger partial charge is 0.481 e. The third-order valence-corrected chi connectivity index (χ3v) is 5.18. The van der Waals surface area contributed by atoms with Crippen molar-refractivity contribution in [2.45, 2.75) is 17.9 Å². The van der Waals surface area contributed by atoms with Gasteiger partial charge >= 0.3 is 0 Å². The second kappa shape index (κ2) is 7.95. The molecular weight excluding hydrogens is 387 g/mol. The van der Waals surface area contributed by atoms with Crippen LogP contribution in [0.2, 0.25) is 10.0 Å². The SMILES string of the molecule is CNC(=O)[C@@H](C)Oc1ccc(S(=O)(=O)Nc2cc(Cl)ccc2Cl)cc1. The molecule has 2 aromatic rings. The molecular formula is C16H16Cl2N2O4S. The van der Waals surface area contributed by atoms with E-state index in [0.29, 0.717) is 10.8 Å². The second-order valence-electron chi connectivity index (χ2n) is 5.08. The van der Waals surface area contributed by atoms with E-state index in [1.165, 1.54) is 43.4 Å². The van der Waals surface area contributed by atoms with Crippen LogP contribution in [0.15, 0.2) is 47.4 Å². The molecule has 2 rings (SSSR count). The van der Waals surface area contributed by atoms with Crippen molar-refractivity contribution < 1.29 is 17.9 Å². The molecule has 1 atom stereocenters. The van der Waals surface area contributed by atoms with Crippen molar-refractivity contribution in [3.63, 3.8) is 0 Å². The van der Waals surface area contributed by atoms with Gasteiger partial charge in [0.2, 0.25) is 0 Å². The van der Waals surface area contributed by atoms with Crippen molar-refractivity contribution in [2.75, 3.05) is 11.8 Å². The average molecular weight is 403 g/mol. The van der Waals surface area contributed by atoms with E-state index >= 15 is 0 Å². The molecule has 2 aromatic carbocycles. The molecule has 0 bridgehead atoms. The molecule has 0 aliphatic carbocycles. The minimum atomic E-state index is -3.85. The summed E-state index contributed by atoms with van der Waals surface area (Å²) in [7, 11) is -2.34. The number of ether oxygens (including phenoxy) is 1. The summed E-state index contributed by atoms with van der Waals surface area (Å²) in [4.78, 5) is 11.5. The molecule has 25 heavy (non-hydrogen) atoms. The van der Waals surface area contributed by atoms with Gasteiger partial charge in [-0.1, -0.05) is 23.2 Å². The average Bonchev–Trinajstić information content (AvgIpc) is 2.57. The smallest absolute Gasteiger partial charge is 0.261 e. The van der Waals surface area contributed by atoms with Gasteiger partial charge in [0.05, 0.1) is 15.6 Å². The summed E-state index contributed by atoms with van der Waals surface area (Å²) in [5, 5.41) is 3.05. The molecule has 2 N–H and O–H groups in total. The van der Waals surface area contributed by atoms with Gasteiger partial charge in [0.25, 0.3) is 15.9 Å². The summed E-state index contributed by atoms with van der Waals surface area (Å²) in [6, 6.07) is 10.1. The summed E-state index contributed by atoms with van der Waals surface area (Å²) in [6.07, 6.45) is -0.698. The molecule has 0 fully saturated rings.